The predicted molar refractivity (Wildman–Crippen MR) is 64.5 cm³/mol. The van der Waals surface area contributed by atoms with Crippen molar-refractivity contribution in [2.75, 3.05) is 30.1 Å². The summed E-state index contributed by atoms with van der Waals surface area (Å²) in [6.45, 7) is 1.79. The second-order valence-corrected chi connectivity index (χ2v) is 4.53. The Morgan fingerprint density at radius 3 is 2.75 bits per heavy atom. The minimum Gasteiger partial charge on any atom is -0.362 e. The SMILES string of the molecule is CSc1[nH]c(C(C)=O)c2c1NC(=O)CN2C. The van der Waals surface area contributed by atoms with Crippen LogP contribution in [0.3, 0.4) is 0 Å². The van der Waals surface area contributed by atoms with Crippen LogP contribution in [0.15, 0.2) is 5.03 Å². The number of ketones is 1. The molecule has 2 rings (SSSR count). The van der Waals surface area contributed by atoms with E-state index in [4.69, 9.17) is 0 Å². The van der Waals surface area contributed by atoms with Gasteiger partial charge in [-0.25, -0.2) is 0 Å². The molecule has 0 aliphatic carbocycles. The van der Waals surface area contributed by atoms with E-state index in [0.717, 1.165) is 16.4 Å². The Hall–Kier alpha value is -1.43. The summed E-state index contributed by atoms with van der Waals surface area (Å²) in [5.74, 6) is -0.0843. The fourth-order valence-corrected chi connectivity index (χ4v) is 2.40. The first-order chi connectivity index (χ1) is 7.54. The molecule has 0 atom stereocenters. The maximum absolute atomic E-state index is 11.5. The highest BCUT2D eigenvalue weighted by Crippen LogP contribution is 2.39. The number of hydrogen-bond donors (Lipinski definition) is 2. The van der Waals surface area contributed by atoms with Crippen molar-refractivity contribution in [3.8, 4) is 0 Å². The zero-order valence-corrected chi connectivity index (χ0v) is 10.2. The number of nitrogens with zero attached hydrogens (tertiary/aromatic N) is 1. The first kappa shape index (κ1) is 11.1. The van der Waals surface area contributed by atoms with Crippen LogP contribution in [-0.2, 0) is 4.79 Å². The van der Waals surface area contributed by atoms with Gasteiger partial charge >= 0.3 is 0 Å². The molecule has 2 heterocycles. The van der Waals surface area contributed by atoms with Gasteiger partial charge in [-0.1, -0.05) is 0 Å². The number of nitrogens with one attached hydrogen (secondary N) is 2. The Morgan fingerprint density at radius 2 is 2.19 bits per heavy atom. The molecule has 1 aliphatic heterocycles. The number of thioether (sulfide) groups is 1. The summed E-state index contributed by atoms with van der Waals surface area (Å²) in [6.07, 6.45) is 1.90. The zero-order valence-electron chi connectivity index (χ0n) is 9.38. The van der Waals surface area contributed by atoms with E-state index in [1.807, 2.05) is 13.3 Å². The number of anilines is 2. The van der Waals surface area contributed by atoms with E-state index in [-0.39, 0.29) is 18.2 Å². The summed E-state index contributed by atoms with van der Waals surface area (Å²) >= 11 is 1.48. The van der Waals surface area contributed by atoms with Crippen molar-refractivity contribution in [1.29, 1.82) is 0 Å². The number of Topliss-reactive ketones (excluding diaryl/α,β-unsaturated/α-hetero) is 1. The second-order valence-electron chi connectivity index (χ2n) is 3.72. The molecule has 0 radical (unpaired) electrons. The molecule has 0 unspecified atom stereocenters. The topological polar surface area (TPSA) is 65.2 Å². The van der Waals surface area contributed by atoms with Crippen LogP contribution in [0.5, 0.6) is 0 Å². The van der Waals surface area contributed by atoms with Crippen molar-refractivity contribution in [3.63, 3.8) is 0 Å². The van der Waals surface area contributed by atoms with Crippen molar-refractivity contribution in [2.24, 2.45) is 0 Å². The van der Waals surface area contributed by atoms with Crippen LogP contribution in [0, 0.1) is 0 Å². The smallest absolute Gasteiger partial charge is 0.244 e. The zero-order chi connectivity index (χ0) is 11.9. The molecule has 1 aromatic rings. The summed E-state index contributed by atoms with van der Waals surface area (Å²) < 4.78 is 0. The molecule has 0 saturated carbocycles. The fraction of sp³-hybridized carbons (Fsp3) is 0.400. The van der Waals surface area contributed by atoms with E-state index in [9.17, 15) is 9.59 Å². The largest absolute Gasteiger partial charge is 0.362 e. The summed E-state index contributed by atoms with van der Waals surface area (Å²) in [7, 11) is 1.81. The lowest BCUT2D eigenvalue weighted by Crippen LogP contribution is -2.35. The minimum atomic E-state index is -0.0561. The minimum absolute atomic E-state index is 0.0282. The fourth-order valence-electron chi connectivity index (χ4n) is 1.85. The lowest BCUT2D eigenvalue weighted by Gasteiger charge is -2.25. The highest BCUT2D eigenvalue weighted by Gasteiger charge is 2.28. The van der Waals surface area contributed by atoms with Gasteiger partial charge in [0, 0.05) is 14.0 Å². The van der Waals surface area contributed by atoms with Crippen LogP contribution in [-0.4, -0.2) is 36.5 Å². The Bertz CT molecular complexity index is 467. The van der Waals surface area contributed by atoms with Crippen LogP contribution in [0.2, 0.25) is 0 Å². The molecular weight excluding hydrogens is 226 g/mol. The van der Waals surface area contributed by atoms with Gasteiger partial charge in [0.05, 0.1) is 22.9 Å². The molecule has 0 saturated heterocycles. The lowest BCUT2D eigenvalue weighted by molar-refractivity contribution is -0.115. The molecule has 0 fully saturated rings. The van der Waals surface area contributed by atoms with Gasteiger partial charge in [-0.2, -0.15) is 0 Å². The van der Waals surface area contributed by atoms with E-state index < -0.39 is 0 Å². The number of hydrogen-bond acceptors (Lipinski definition) is 4. The number of carbonyl (C=O) groups is 2. The molecule has 6 heteroatoms. The highest BCUT2D eigenvalue weighted by molar-refractivity contribution is 7.98. The van der Waals surface area contributed by atoms with Crippen molar-refractivity contribution >= 4 is 34.8 Å². The summed E-state index contributed by atoms with van der Waals surface area (Å²) in [5.41, 5.74) is 2.06. The number of aromatic amines is 1. The van der Waals surface area contributed by atoms with Gasteiger partial charge in [0.1, 0.15) is 5.69 Å². The van der Waals surface area contributed by atoms with Crippen LogP contribution < -0.4 is 10.2 Å². The van der Waals surface area contributed by atoms with E-state index in [1.165, 1.54) is 18.7 Å². The van der Waals surface area contributed by atoms with E-state index in [0.29, 0.717) is 5.69 Å². The average Bonchev–Trinajstić information content (AvgIpc) is 2.56. The van der Waals surface area contributed by atoms with Gasteiger partial charge in [-0.15, -0.1) is 11.8 Å². The monoisotopic (exact) mass is 239 g/mol. The molecule has 0 aromatic carbocycles. The third-order valence-corrected chi connectivity index (χ3v) is 3.24. The van der Waals surface area contributed by atoms with Crippen molar-refractivity contribution < 1.29 is 9.59 Å². The van der Waals surface area contributed by atoms with Gasteiger partial charge in [0.25, 0.3) is 0 Å². The van der Waals surface area contributed by atoms with Crippen molar-refractivity contribution in [2.45, 2.75) is 11.9 Å². The first-order valence-electron chi connectivity index (χ1n) is 4.86. The number of aromatic nitrogens is 1. The number of likely N-dealkylation sites (N-methyl/N-ethyl adjacent to an activating group) is 1. The quantitative estimate of drug-likeness (QED) is 0.603. The van der Waals surface area contributed by atoms with Gasteiger partial charge < -0.3 is 15.2 Å². The standard InChI is InChI=1S/C10H13N3O2S/c1-5(14)7-9-8(10(12-7)16-3)11-6(15)4-13(9)2/h12H,4H2,1-3H3,(H,11,15). The van der Waals surface area contributed by atoms with Crippen molar-refractivity contribution in [1.82, 2.24) is 4.98 Å². The molecule has 1 aromatic heterocycles. The summed E-state index contributed by atoms with van der Waals surface area (Å²) in [6, 6.07) is 0. The van der Waals surface area contributed by atoms with E-state index >= 15 is 0 Å². The Labute approximate surface area is 97.6 Å². The maximum Gasteiger partial charge on any atom is 0.244 e. The number of carbonyl (C=O) groups excluding carboxylic acids is 2. The molecular formula is C10H13N3O2S. The molecule has 1 amide bonds. The van der Waals surface area contributed by atoms with Gasteiger partial charge in [-0.3, -0.25) is 9.59 Å². The first-order valence-corrected chi connectivity index (χ1v) is 6.09. The van der Waals surface area contributed by atoms with Crippen molar-refractivity contribution in [3.05, 3.63) is 5.69 Å². The number of amides is 1. The summed E-state index contributed by atoms with van der Waals surface area (Å²) in [4.78, 5) is 27.8. The van der Waals surface area contributed by atoms with Crippen LogP contribution >= 0.6 is 11.8 Å². The third kappa shape index (κ3) is 1.59. The van der Waals surface area contributed by atoms with E-state index in [2.05, 4.69) is 10.3 Å². The van der Waals surface area contributed by atoms with Crippen LogP contribution in [0.25, 0.3) is 0 Å². The molecule has 0 spiro atoms. The Kier molecular flexibility index (Phi) is 2.67. The summed E-state index contributed by atoms with van der Waals surface area (Å²) in [5, 5.41) is 3.62. The van der Waals surface area contributed by atoms with Gasteiger partial charge in [0.15, 0.2) is 5.78 Å². The molecule has 2 N–H and O–H groups in total. The third-order valence-electron chi connectivity index (χ3n) is 2.52. The Balaban J connectivity index is 2.61. The normalized spacial score (nSPS) is 14.7. The predicted octanol–water partition coefficient (Wildman–Crippen LogP) is 1.33. The number of rotatable bonds is 2. The van der Waals surface area contributed by atoms with Gasteiger partial charge in [0.2, 0.25) is 5.91 Å². The van der Waals surface area contributed by atoms with Gasteiger partial charge in [-0.05, 0) is 6.26 Å². The number of H-pyrrole nitrogens is 1. The Morgan fingerprint density at radius 1 is 1.50 bits per heavy atom. The molecule has 5 nitrogen and oxygen atoms in total. The van der Waals surface area contributed by atoms with Crippen LogP contribution in [0.4, 0.5) is 11.4 Å². The second kappa shape index (κ2) is 3.86. The highest BCUT2D eigenvalue weighted by atomic mass is 32.2. The van der Waals surface area contributed by atoms with E-state index in [1.54, 1.807) is 4.90 Å². The number of fused-ring (bicyclic) bond motifs is 1. The molecule has 16 heavy (non-hydrogen) atoms. The maximum atomic E-state index is 11.5. The molecule has 86 valence electrons. The van der Waals surface area contributed by atoms with Crippen LogP contribution in [0.1, 0.15) is 17.4 Å². The lowest BCUT2D eigenvalue weighted by atomic mass is 10.2. The molecule has 0 bridgehead atoms. The molecule has 1 aliphatic rings. The average molecular weight is 239 g/mol.